The van der Waals surface area contributed by atoms with E-state index in [-0.39, 0.29) is 4.90 Å². The van der Waals surface area contributed by atoms with Crippen molar-refractivity contribution < 1.29 is 17.2 Å². The maximum Gasteiger partial charge on any atom is 0.341 e. The Morgan fingerprint density at radius 2 is 1.90 bits per heavy atom. The average Bonchev–Trinajstić information content (AvgIpc) is 2.43. The molecule has 3 nitrogen and oxygen atoms in total. The molecule has 1 rings (SSSR count). The summed E-state index contributed by atoms with van der Waals surface area (Å²) >= 11 is 3.30. The van der Waals surface area contributed by atoms with E-state index in [4.69, 9.17) is 0 Å². The van der Waals surface area contributed by atoms with Gasteiger partial charge in [-0.15, -0.1) is 0 Å². The zero-order valence-corrected chi connectivity index (χ0v) is 13.6. The highest BCUT2D eigenvalue weighted by atomic mass is 79.9. The molecule has 0 unspecified atom stereocenters. The first-order chi connectivity index (χ1) is 9.45. The van der Waals surface area contributed by atoms with Gasteiger partial charge in [0.1, 0.15) is 0 Å². The minimum absolute atomic E-state index is 0.299. The van der Waals surface area contributed by atoms with Crippen molar-refractivity contribution in [2.75, 3.05) is 23.3 Å². The highest BCUT2D eigenvalue weighted by molar-refractivity contribution is 9.09. The van der Waals surface area contributed by atoms with Gasteiger partial charge in [0.05, 0.1) is 10.6 Å². The summed E-state index contributed by atoms with van der Waals surface area (Å²) in [4.78, 5) is 1.53. The molecule has 0 aliphatic rings. The van der Waals surface area contributed by atoms with Crippen LogP contribution in [0.25, 0.3) is 0 Å². The maximum atomic E-state index is 12.8. The normalized spacial score (nSPS) is 11.8. The number of nitrogens with zero attached hydrogens (tertiary/aromatic N) is 1. The van der Waals surface area contributed by atoms with Crippen LogP contribution in [-0.4, -0.2) is 32.6 Å². The first kappa shape index (κ1) is 17.4. The van der Waals surface area contributed by atoms with E-state index in [1.807, 2.05) is 11.8 Å². The Labute approximate surface area is 127 Å². The lowest BCUT2D eigenvalue weighted by Gasteiger charge is -2.26. The van der Waals surface area contributed by atoms with Gasteiger partial charge in [-0.2, -0.15) is 8.78 Å². The van der Waals surface area contributed by atoms with E-state index in [9.17, 15) is 17.2 Å². The molecule has 0 bridgehead atoms. The van der Waals surface area contributed by atoms with Crippen LogP contribution in [0.4, 0.5) is 14.5 Å². The summed E-state index contributed by atoms with van der Waals surface area (Å²) in [6.45, 7) is 3.22. The van der Waals surface area contributed by atoms with Crippen LogP contribution < -0.4 is 4.90 Å². The van der Waals surface area contributed by atoms with Crippen molar-refractivity contribution in [1.82, 2.24) is 0 Å². The predicted molar refractivity (Wildman–Crippen MR) is 80.5 cm³/mol. The van der Waals surface area contributed by atoms with Crippen LogP contribution in [0, 0.1) is 0 Å². The third-order valence-corrected chi connectivity index (χ3v) is 4.67. The molecule has 0 atom stereocenters. The van der Waals surface area contributed by atoms with Crippen LogP contribution in [-0.2, 0) is 9.84 Å². The number of hydrogen-bond acceptors (Lipinski definition) is 3. The Bertz CT molecular complexity index is 523. The molecule has 0 N–H and O–H groups in total. The molecule has 1 aromatic rings. The Balaban J connectivity index is 3.22. The van der Waals surface area contributed by atoms with Crippen LogP contribution in [0.2, 0.25) is 0 Å². The van der Waals surface area contributed by atoms with Gasteiger partial charge in [0.2, 0.25) is 9.84 Å². The standard InChI is InChI=1S/C13H18BrF2NO2S/c1-2-3-9-17(10-8-14)11-6-4-5-7-12(11)20(18,19)13(15)16/h4-7,13H,2-3,8-10H2,1H3. The number of unbranched alkanes of at least 4 members (excludes halogenated alkanes) is 1. The molecule has 0 spiro atoms. The fourth-order valence-corrected chi connectivity index (χ4v) is 3.24. The summed E-state index contributed by atoms with van der Waals surface area (Å²) in [7, 11) is -4.59. The smallest absolute Gasteiger partial charge is 0.341 e. The number of para-hydroxylation sites is 1. The molecule has 0 aromatic heterocycles. The van der Waals surface area contributed by atoms with Crippen molar-refractivity contribution in [2.24, 2.45) is 0 Å². The first-order valence-corrected chi connectivity index (χ1v) is 9.04. The van der Waals surface area contributed by atoms with Crippen LogP contribution in [0.5, 0.6) is 0 Å². The summed E-state index contributed by atoms with van der Waals surface area (Å²) in [5.41, 5.74) is 0.348. The highest BCUT2D eigenvalue weighted by Crippen LogP contribution is 2.29. The summed E-state index contributed by atoms with van der Waals surface area (Å²) in [5, 5.41) is 0.639. The lowest BCUT2D eigenvalue weighted by Crippen LogP contribution is -2.28. The Morgan fingerprint density at radius 1 is 1.25 bits per heavy atom. The molecule has 0 aliphatic heterocycles. The third kappa shape index (κ3) is 4.15. The number of hydrogen-bond donors (Lipinski definition) is 0. The predicted octanol–water partition coefficient (Wildman–Crippen LogP) is 3.68. The zero-order chi connectivity index (χ0) is 15.2. The van der Waals surface area contributed by atoms with Crippen molar-refractivity contribution in [3.8, 4) is 0 Å². The molecule has 0 saturated carbocycles. The molecule has 0 amide bonds. The number of alkyl halides is 3. The van der Waals surface area contributed by atoms with E-state index in [0.29, 0.717) is 24.1 Å². The van der Waals surface area contributed by atoms with Crippen molar-refractivity contribution in [2.45, 2.75) is 30.4 Å². The number of rotatable bonds is 8. The second-order valence-electron chi connectivity index (χ2n) is 4.30. The van der Waals surface area contributed by atoms with Crippen molar-refractivity contribution in [3.63, 3.8) is 0 Å². The molecule has 0 fully saturated rings. The van der Waals surface area contributed by atoms with Gasteiger partial charge in [-0.05, 0) is 18.6 Å². The van der Waals surface area contributed by atoms with Gasteiger partial charge in [-0.3, -0.25) is 0 Å². The van der Waals surface area contributed by atoms with E-state index < -0.39 is 15.6 Å². The van der Waals surface area contributed by atoms with Gasteiger partial charge in [0.25, 0.3) is 0 Å². The third-order valence-electron chi connectivity index (χ3n) is 2.88. The fraction of sp³-hybridized carbons (Fsp3) is 0.538. The second-order valence-corrected chi connectivity index (χ2v) is 6.98. The molecule has 20 heavy (non-hydrogen) atoms. The van der Waals surface area contributed by atoms with Crippen LogP contribution >= 0.6 is 15.9 Å². The Morgan fingerprint density at radius 3 is 2.45 bits per heavy atom. The largest absolute Gasteiger partial charge is 0.370 e. The maximum absolute atomic E-state index is 12.8. The lowest BCUT2D eigenvalue weighted by molar-refractivity contribution is 0.235. The summed E-state index contributed by atoms with van der Waals surface area (Å²) in [6, 6.07) is 5.94. The van der Waals surface area contributed by atoms with E-state index >= 15 is 0 Å². The van der Waals surface area contributed by atoms with Gasteiger partial charge in [0, 0.05) is 18.4 Å². The summed E-state index contributed by atoms with van der Waals surface area (Å²) < 4.78 is 49.0. The SMILES string of the molecule is CCCCN(CCBr)c1ccccc1S(=O)(=O)C(F)F. The number of benzene rings is 1. The molecular weight excluding hydrogens is 352 g/mol. The molecule has 0 heterocycles. The van der Waals surface area contributed by atoms with Crippen LogP contribution in [0.3, 0.4) is 0 Å². The number of sulfone groups is 1. The molecule has 0 saturated heterocycles. The molecule has 7 heteroatoms. The van der Waals surface area contributed by atoms with Gasteiger partial charge in [-0.25, -0.2) is 8.42 Å². The topological polar surface area (TPSA) is 37.4 Å². The minimum Gasteiger partial charge on any atom is -0.370 e. The summed E-state index contributed by atoms with van der Waals surface area (Å²) in [5.74, 6) is -3.40. The van der Waals surface area contributed by atoms with Gasteiger partial charge < -0.3 is 4.90 Å². The van der Waals surface area contributed by atoms with E-state index in [0.717, 1.165) is 12.8 Å². The van der Waals surface area contributed by atoms with Gasteiger partial charge in [0.15, 0.2) is 0 Å². The zero-order valence-electron chi connectivity index (χ0n) is 11.2. The van der Waals surface area contributed by atoms with E-state index in [2.05, 4.69) is 15.9 Å². The Hall–Kier alpha value is -0.690. The molecule has 0 radical (unpaired) electrons. The number of anilines is 1. The average molecular weight is 370 g/mol. The molecular formula is C13H18BrF2NO2S. The van der Waals surface area contributed by atoms with Crippen LogP contribution in [0.15, 0.2) is 29.2 Å². The quantitative estimate of drug-likeness (QED) is 0.655. The van der Waals surface area contributed by atoms with Crippen molar-refractivity contribution in [1.29, 1.82) is 0 Å². The lowest BCUT2D eigenvalue weighted by atomic mass is 10.2. The van der Waals surface area contributed by atoms with Gasteiger partial charge in [-0.1, -0.05) is 41.4 Å². The monoisotopic (exact) mass is 369 g/mol. The van der Waals surface area contributed by atoms with Crippen molar-refractivity contribution >= 4 is 31.5 Å². The Kier molecular flexibility index (Phi) is 6.88. The highest BCUT2D eigenvalue weighted by Gasteiger charge is 2.30. The van der Waals surface area contributed by atoms with E-state index in [1.54, 1.807) is 12.1 Å². The second kappa shape index (κ2) is 7.93. The van der Waals surface area contributed by atoms with Gasteiger partial charge >= 0.3 is 5.76 Å². The molecule has 1 aromatic carbocycles. The summed E-state index contributed by atoms with van der Waals surface area (Å²) in [6.07, 6.45) is 1.82. The fourth-order valence-electron chi connectivity index (χ4n) is 1.86. The van der Waals surface area contributed by atoms with Crippen LogP contribution in [0.1, 0.15) is 19.8 Å². The van der Waals surface area contributed by atoms with E-state index in [1.165, 1.54) is 12.1 Å². The molecule has 0 aliphatic carbocycles. The molecule has 114 valence electrons. The van der Waals surface area contributed by atoms with Crippen molar-refractivity contribution in [3.05, 3.63) is 24.3 Å². The number of halogens is 3. The first-order valence-electron chi connectivity index (χ1n) is 6.37. The minimum atomic E-state index is -4.59.